The zero-order chi connectivity index (χ0) is 11.8. The van der Waals surface area contributed by atoms with Crippen molar-refractivity contribution in [3.05, 3.63) is 29.8 Å². The first-order chi connectivity index (χ1) is 7.81. The van der Waals surface area contributed by atoms with Gasteiger partial charge in [-0.05, 0) is 25.6 Å². The molecule has 2 nitrogen and oxygen atoms in total. The number of para-hydroxylation sites is 1. The van der Waals surface area contributed by atoms with Gasteiger partial charge in [-0.2, -0.15) is 0 Å². The maximum Gasteiger partial charge on any atom is 0.123 e. The van der Waals surface area contributed by atoms with Gasteiger partial charge in [-0.3, -0.25) is 4.90 Å². The molecule has 16 heavy (non-hydrogen) atoms. The van der Waals surface area contributed by atoms with Crippen molar-refractivity contribution in [1.82, 2.24) is 4.90 Å². The van der Waals surface area contributed by atoms with Crippen molar-refractivity contribution >= 4 is 0 Å². The van der Waals surface area contributed by atoms with Gasteiger partial charge in [0.1, 0.15) is 5.75 Å². The number of benzene rings is 1. The third-order valence-corrected chi connectivity index (χ3v) is 2.86. The summed E-state index contributed by atoms with van der Waals surface area (Å²) in [6, 6.07) is 8.27. The molecule has 0 aliphatic heterocycles. The van der Waals surface area contributed by atoms with Crippen molar-refractivity contribution in [2.45, 2.75) is 33.2 Å². The molecule has 0 heterocycles. The molecule has 0 amide bonds. The maximum atomic E-state index is 5.37. The van der Waals surface area contributed by atoms with Gasteiger partial charge in [0.2, 0.25) is 0 Å². The van der Waals surface area contributed by atoms with E-state index in [1.54, 1.807) is 7.11 Å². The number of hydrogen-bond donors (Lipinski definition) is 0. The van der Waals surface area contributed by atoms with E-state index in [0.29, 0.717) is 0 Å². The van der Waals surface area contributed by atoms with Crippen molar-refractivity contribution in [3.8, 4) is 5.75 Å². The van der Waals surface area contributed by atoms with Gasteiger partial charge in [-0.15, -0.1) is 0 Å². The highest BCUT2D eigenvalue weighted by atomic mass is 16.5. The number of rotatable bonds is 7. The highest BCUT2D eigenvalue weighted by Crippen LogP contribution is 2.19. The van der Waals surface area contributed by atoms with Crippen molar-refractivity contribution in [3.63, 3.8) is 0 Å². The number of nitrogens with zero attached hydrogens (tertiary/aromatic N) is 1. The number of methoxy groups -OCH3 is 1. The molecular formula is C14H23NO. The van der Waals surface area contributed by atoms with Gasteiger partial charge in [0, 0.05) is 12.1 Å². The Bertz CT molecular complexity index is 299. The zero-order valence-electron chi connectivity index (χ0n) is 10.7. The van der Waals surface area contributed by atoms with Crippen LogP contribution in [-0.2, 0) is 6.54 Å². The Labute approximate surface area is 99.2 Å². The molecule has 90 valence electrons. The molecule has 0 N–H and O–H groups in total. The van der Waals surface area contributed by atoms with Gasteiger partial charge in [-0.1, -0.05) is 38.5 Å². The quantitative estimate of drug-likeness (QED) is 0.700. The smallest absolute Gasteiger partial charge is 0.123 e. The Hall–Kier alpha value is -1.02. The van der Waals surface area contributed by atoms with E-state index >= 15 is 0 Å². The van der Waals surface area contributed by atoms with Gasteiger partial charge in [0.05, 0.1) is 7.11 Å². The van der Waals surface area contributed by atoms with Crippen molar-refractivity contribution in [1.29, 1.82) is 0 Å². The molecule has 1 aromatic carbocycles. The standard InChI is InChI=1S/C14H23NO/c1-4-6-11-15(5-2)12-13-9-7-8-10-14(13)16-3/h7-10H,4-6,11-12H2,1-3H3. The van der Waals surface area contributed by atoms with Crippen molar-refractivity contribution < 1.29 is 4.74 Å². The second kappa shape index (κ2) is 7.29. The maximum absolute atomic E-state index is 5.37. The lowest BCUT2D eigenvalue weighted by atomic mass is 10.2. The number of unbranched alkanes of at least 4 members (excludes halogenated alkanes) is 1. The first-order valence-electron chi connectivity index (χ1n) is 6.16. The SMILES string of the molecule is CCCCN(CC)Cc1ccccc1OC. The summed E-state index contributed by atoms with van der Waals surface area (Å²) in [7, 11) is 1.74. The molecule has 0 fully saturated rings. The summed E-state index contributed by atoms with van der Waals surface area (Å²) < 4.78 is 5.37. The molecule has 0 unspecified atom stereocenters. The van der Waals surface area contributed by atoms with Gasteiger partial charge >= 0.3 is 0 Å². The molecule has 0 aliphatic rings. The molecular weight excluding hydrogens is 198 g/mol. The van der Waals surface area contributed by atoms with Crippen molar-refractivity contribution in [2.75, 3.05) is 20.2 Å². The Morgan fingerprint density at radius 3 is 2.56 bits per heavy atom. The van der Waals surface area contributed by atoms with Crippen LogP contribution in [0.5, 0.6) is 5.75 Å². The summed E-state index contributed by atoms with van der Waals surface area (Å²) in [4.78, 5) is 2.46. The molecule has 1 aromatic rings. The minimum absolute atomic E-state index is 0.987. The Morgan fingerprint density at radius 1 is 1.19 bits per heavy atom. The predicted octanol–water partition coefficient (Wildman–Crippen LogP) is 3.32. The highest BCUT2D eigenvalue weighted by molar-refractivity contribution is 5.33. The van der Waals surface area contributed by atoms with Gasteiger partial charge in [0.15, 0.2) is 0 Å². The van der Waals surface area contributed by atoms with E-state index in [1.807, 2.05) is 12.1 Å². The summed E-state index contributed by atoms with van der Waals surface area (Å²) in [6.45, 7) is 7.70. The van der Waals surface area contributed by atoms with Crippen LogP contribution in [-0.4, -0.2) is 25.1 Å². The normalized spacial score (nSPS) is 10.8. The largest absolute Gasteiger partial charge is 0.496 e. The average Bonchev–Trinajstić information content (AvgIpc) is 2.34. The van der Waals surface area contributed by atoms with E-state index < -0.39 is 0 Å². The molecule has 1 rings (SSSR count). The lowest BCUT2D eigenvalue weighted by Crippen LogP contribution is -2.24. The van der Waals surface area contributed by atoms with E-state index in [0.717, 1.165) is 18.8 Å². The van der Waals surface area contributed by atoms with Crippen LogP contribution in [0.1, 0.15) is 32.3 Å². The van der Waals surface area contributed by atoms with Crippen LogP contribution in [0.2, 0.25) is 0 Å². The molecule has 0 atom stereocenters. The fourth-order valence-corrected chi connectivity index (χ4v) is 1.81. The highest BCUT2D eigenvalue weighted by Gasteiger charge is 2.06. The summed E-state index contributed by atoms with van der Waals surface area (Å²) in [6.07, 6.45) is 2.52. The minimum Gasteiger partial charge on any atom is -0.496 e. The molecule has 2 heteroatoms. The van der Waals surface area contributed by atoms with Crippen LogP contribution in [0.15, 0.2) is 24.3 Å². The summed E-state index contributed by atoms with van der Waals surface area (Å²) in [5.74, 6) is 0.998. The third-order valence-electron chi connectivity index (χ3n) is 2.86. The van der Waals surface area contributed by atoms with Crippen molar-refractivity contribution in [2.24, 2.45) is 0 Å². The fourth-order valence-electron chi connectivity index (χ4n) is 1.81. The molecule has 0 aliphatic carbocycles. The first-order valence-corrected chi connectivity index (χ1v) is 6.16. The van der Waals surface area contributed by atoms with E-state index in [-0.39, 0.29) is 0 Å². The van der Waals surface area contributed by atoms with Crippen LogP contribution in [0.3, 0.4) is 0 Å². The number of ether oxygens (including phenoxy) is 1. The molecule has 0 saturated carbocycles. The third kappa shape index (κ3) is 3.86. The first kappa shape index (κ1) is 13.0. The van der Waals surface area contributed by atoms with Gasteiger partial charge < -0.3 is 4.74 Å². The Morgan fingerprint density at radius 2 is 1.94 bits per heavy atom. The molecule has 0 aromatic heterocycles. The molecule has 0 bridgehead atoms. The lowest BCUT2D eigenvalue weighted by molar-refractivity contribution is 0.270. The fraction of sp³-hybridized carbons (Fsp3) is 0.571. The van der Waals surface area contributed by atoms with Crippen LogP contribution in [0.4, 0.5) is 0 Å². The van der Waals surface area contributed by atoms with E-state index in [9.17, 15) is 0 Å². The molecule has 0 spiro atoms. The van der Waals surface area contributed by atoms with Crippen LogP contribution in [0, 0.1) is 0 Å². The Kier molecular flexibility index (Phi) is 5.94. The summed E-state index contributed by atoms with van der Waals surface area (Å²) in [5.41, 5.74) is 1.28. The number of hydrogen-bond acceptors (Lipinski definition) is 2. The second-order valence-corrected chi connectivity index (χ2v) is 4.03. The molecule has 0 saturated heterocycles. The second-order valence-electron chi connectivity index (χ2n) is 4.03. The summed E-state index contributed by atoms with van der Waals surface area (Å²) in [5, 5.41) is 0. The minimum atomic E-state index is 0.987. The molecule has 0 radical (unpaired) electrons. The van der Waals surface area contributed by atoms with Crippen LogP contribution < -0.4 is 4.74 Å². The van der Waals surface area contributed by atoms with E-state index in [1.165, 1.54) is 24.9 Å². The zero-order valence-corrected chi connectivity index (χ0v) is 10.7. The Balaban J connectivity index is 2.62. The topological polar surface area (TPSA) is 12.5 Å². The lowest BCUT2D eigenvalue weighted by Gasteiger charge is -2.21. The van der Waals surface area contributed by atoms with Crippen LogP contribution in [0.25, 0.3) is 0 Å². The summed E-state index contributed by atoms with van der Waals surface area (Å²) >= 11 is 0. The average molecular weight is 221 g/mol. The predicted molar refractivity (Wildman–Crippen MR) is 68.9 cm³/mol. The van der Waals surface area contributed by atoms with E-state index in [2.05, 4.69) is 30.9 Å². The van der Waals surface area contributed by atoms with Crippen LogP contribution >= 0.6 is 0 Å². The van der Waals surface area contributed by atoms with E-state index in [4.69, 9.17) is 4.74 Å². The van der Waals surface area contributed by atoms with Gasteiger partial charge in [0.25, 0.3) is 0 Å². The monoisotopic (exact) mass is 221 g/mol. The van der Waals surface area contributed by atoms with Gasteiger partial charge in [-0.25, -0.2) is 0 Å².